The number of hydrogen-bond donors (Lipinski definition) is 0. The van der Waals surface area contributed by atoms with Crippen LogP contribution in [0.3, 0.4) is 0 Å². The largest absolute Gasteiger partial charge is 0.499 e. The summed E-state index contributed by atoms with van der Waals surface area (Å²) in [6, 6.07) is 7.79. The Balaban J connectivity index is 2.24. The predicted octanol–water partition coefficient (Wildman–Crippen LogP) is 1.78. The third-order valence-electron chi connectivity index (χ3n) is 4.61. The summed E-state index contributed by atoms with van der Waals surface area (Å²) >= 11 is 0. The van der Waals surface area contributed by atoms with Crippen LogP contribution in [0.5, 0.6) is 0 Å². The SMILES string of the molecule is COC(=O)C(C(=O)OC)=C1C=C(OC)[C@H]2[C@@H]1c1ccccc1N2C. The molecule has 0 bridgehead atoms. The molecule has 126 valence electrons. The van der Waals surface area contributed by atoms with E-state index in [1.807, 2.05) is 31.3 Å². The molecule has 1 heterocycles. The second kappa shape index (κ2) is 6.03. The molecule has 6 nitrogen and oxygen atoms in total. The Kier molecular flexibility index (Phi) is 4.05. The number of methoxy groups -OCH3 is 3. The van der Waals surface area contributed by atoms with Crippen LogP contribution in [0.15, 0.2) is 47.2 Å². The fourth-order valence-electron chi connectivity index (χ4n) is 3.57. The molecule has 0 unspecified atom stereocenters. The fourth-order valence-corrected chi connectivity index (χ4v) is 3.57. The Morgan fingerprint density at radius 1 is 1.04 bits per heavy atom. The molecular formula is C18H19NO5. The van der Waals surface area contributed by atoms with Crippen molar-refractivity contribution in [2.24, 2.45) is 0 Å². The van der Waals surface area contributed by atoms with E-state index in [0.29, 0.717) is 11.3 Å². The van der Waals surface area contributed by atoms with Crippen molar-refractivity contribution >= 4 is 17.6 Å². The highest BCUT2D eigenvalue weighted by molar-refractivity contribution is 6.15. The molecule has 3 rings (SSSR count). The van der Waals surface area contributed by atoms with Gasteiger partial charge < -0.3 is 19.1 Å². The normalized spacial score (nSPS) is 20.9. The van der Waals surface area contributed by atoms with Gasteiger partial charge in [0.15, 0.2) is 0 Å². The topological polar surface area (TPSA) is 65.1 Å². The first-order valence-corrected chi connectivity index (χ1v) is 7.53. The van der Waals surface area contributed by atoms with Crippen LogP contribution >= 0.6 is 0 Å². The number of hydrogen-bond acceptors (Lipinski definition) is 6. The standard InChI is InChI=1S/C18H19NO5/c1-19-12-8-6-5-7-10(12)14-11(9-13(22-2)16(14)19)15(17(20)23-3)18(21)24-4/h5-9,14,16H,1-4H3/t14-,16+/m1/s1. The van der Waals surface area contributed by atoms with Gasteiger partial charge in [-0.05, 0) is 23.3 Å². The average Bonchev–Trinajstić information content (AvgIpc) is 3.12. The zero-order valence-electron chi connectivity index (χ0n) is 14.0. The summed E-state index contributed by atoms with van der Waals surface area (Å²) in [5.41, 5.74) is 2.55. The number of ether oxygens (including phenoxy) is 3. The Morgan fingerprint density at radius 3 is 2.25 bits per heavy atom. The third kappa shape index (κ3) is 2.18. The molecular weight excluding hydrogens is 310 g/mol. The summed E-state index contributed by atoms with van der Waals surface area (Å²) in [5.74, 6) is -0.916. The quantitative estimate of drug-likeness (QED) is 0.364. The van der Waals surface area contributed by atoms with E-state index in [-0.39, 0.29) is 17.5 Å². The Labute approximate surface area is 140 Å². The highest BCUT2D eigenvalue weighted by Crippen LogP contribution is 2.51. The lowest BCUT2D eigenvalue weighted by atomic mass is 9.89. The lowest BCUT2D eigenvalue weighted by Crippen LogP contribution is -2.31. The van der Waals surface area contributed by atoms with Gasteiger partial charge in [-0.3, -0.25) is 0 Å². The van der Waals surface area contributed by atoms with Crippen molar-refractivity contribution in [1.82, 2.24) is 0 Å². The number of anilines is 1. The number of fused-ring (bicyclic) bond motifs is 3. The number of nitrogens with zero attached hydrogens (tertiary/aromatic N) is 1. The van der Waals surface area contributed by atoms with Crippen LogP contribution in [-0.2, 0) is 23.8 Å². The van der Waals surface area contributed by atoms with Gasteiger partial charge in [0.05, 0.1) is 27.4 Å². The summed E-state index contributed by atoms with van der Waals surface area (Å²) < 4.78 is 15.1. The molecule has 0 saturated carbocycles. The highest BCUT2D eigenvalue weighted by Gasteiger charge is 2.47. The van der Waals surface area contributed by atoms with E-state index < -0.39 is 11.9 Å². The Hall–Kier alpha value is -2.76. The average molecular weight is 329 g/mol. The lowest BCUT2D eigenvalue weighted by molar-refractivity contribution is -0.144. The molecule has 0 radical (unpaired) electrons. The zero-order valence-corrected chi connectivity index (χ0v) is 14.0. The molecule has 1 aromatic rings. The van der Waals surface area contributed by atoms with Gasteiger partial charge in [0.2, 0.25) is 0 Å². The van der Waals surface area contributed by atoms with Gasteiger partial charge in [-0.2, -0.15) is 0 Å². The predicted molar refractivity (Wildman–Crippen MR) is 87.5 cm³/mol. The summed E-state index contributed by atoms with van der Waals surface area (Å²) in [7, 11) is 6.04. The monoisotopic (exact) mass is 329 g/mol. The van der Waals surface area contributed by atoms with Gasteiger partial charge in [0.1, 0.15) is 11.3 Å². The van der Waals surface area contributed by atoms with Gasteiger partial charge in [0.25, 0.3) is 0 Å². The third-order valence-corrected chi connectivity index (χ3v) is 4.61. The van der Waals surface area contributed by atoms with Gasteiger partial charge >= 0.3 is 11.9 Å². The van der Waals surface area contributed by atoms with Crippen molar-refractivity contribution in [3.63, 3.8) is 0 Å². The van der Waals surface area contributed by atoms with Gasteiger partial charge in [-0.1, -0.05) is 18.2 Å². The smallest absolute Gasteiger partial charge is 0.345 e. The minimum Gasteiger partial charge on any atom is -0.499 e. The summed E-state index contributed by atoms with van der Waals surface area (Å²) in [5, 5.41) is 0. The van der Waals surface area contributed by atoms with E-state index in [1.165, 1.54) is 14.2 Å². The molecule has 0 spiro atoms. The van der Waals surface area contributed by atoms with E-state index in [0.717, 1.165) is 11.3 Å². The van der Waals surface area contributed by atoms with Gasteiger partial charge in [0, 0.05) is 18.7 Å². The van der Waals surface area contributed by atoms with Crippen LogP contribution in [0, 0.1) is 0 Å². The van der Waals surface area contributed by atoms with Crippen LogP contribution in [0.25, 0.3) is 0 Å². The second-order valence-electron chi connectivity index (χ2n) is 5.66. The van der Waals surface area contributed by atoms with Crippen LogP contribution < -0.4 is 4.90 Å². The summed E-state index contributed by atoms with van der Waals surface area (Å²) in [6.45, 7) is 0. The fraction of sp³-hybridized carbons (Fsp3) is 0.333. The maximum Gasteiger partial charge on any atom is 0.345 e. The number of para-hydroxylation sites is 1. The van der Waals surface area contributed by atoms with Crippen LogP contribution in [-0.4, -0.2) is 46.4 Å². The van der Waals surface area contributed by atoms with Crippen LogP contribution in [0.2, 0.25) is 0 Å². The molecule has 0 aromatic heterocycles. The summed E-state index contributed by atoms with van der Waals surface area (Å²) in [4.78, 5) is 26.5. The first-order chi connectivity index (χ1) is 11.5. The summed E-state index contributed by atoms with van der Waals surface area (Å²) in [6.07, 6.45) is 1.74. The molecule has 0 amide bonds. The minimum absolute atomic E-state index is 0.0906. The molecule has 1 aromatic carbocycles. The number of esters is 2. The lowest BCUT2D eigenvalue weighted by Gasteiger charge is -2.24. The molecule has 24 heavy (non-hydrogen) atoms. The van der Waals surface area contributed by atoms with Crippen molar-refractivity contribution in [2.45, 2.75) is 12.0 Å². The van der Waals surface area contributed by atoms with Crippen molar-refractivity contribution in [3.8, 4) is 0 Å². The molecule has 2 aliphatic rings. The molecule has 1 aliphatic carbocycles. The number of carbonyl (C=O) groups excluding carboxylic acids is 2. The van der Waals surface area contributed by atoms with Gasteiger partial charge in [-0.15, -0.1) is 0 Å². The minimum atomic E-state index is -0.712. The Bertz CT molecular complexity index is 746. The molecule has 6 heteroatoms. The highest BCUT2D eigenvalue weighted by atomic mass is 16.5. The maximum absolute atomic E-state index is 12.2. The van der Waals surface area contributed by atoms with Crippen molar-refractivity contribution in [1.29, 1.82) is 0 Å². The number of likely N-dealkylation sites (N-methyl/N-ethyl adjacent to an activating group) is 1. The number of allylic oxidation sites excluding steroid dienone is 1. The van der Waals surface area contributed by atoms with Crippen molar-refractivity contribution < 1.29 is 23.8 Å². The van der Waals surface area contributed by atoms with Crippen molar-refractivity contribution in [2.75, 3.05) is 33.3 Å². The number of rotatable bonds is 3. The van der Waals surface area contributed by atoms with E-state index in [4.69, 9.17) is 14.2 Å². The number of benzene rings is 1. The van der Waals surface area contributed by atoms with E-state index >= 15 is 0 Å². The molecule has 0 N–H and O–H groups in total. The van der Waals surface area contributed by atoms with E-state index in [9.17, 15) is 9.59 Å². The molecule has 0 saturated heterocycles. The van der Waals surface area contributed by atoms with Gasteiger partial charge in [-0.25, -0.2) is 9.59 Å². The van der Waals surface area contributed by atoms with Crippen LogP contribution in [0.1, 0.15) is 11.5 Å². The van der Waals surface area contributed by atoms with Crippen molar-refractivity contribution in [3.05, 3.63) is 52.8 Å². The molecule has 2 atom stereocenters. The van der Waals surface area contributed by atoms with E-state index in [2.05, 4.69) is 4.90 Å². The first kappa shape index (κ1) is 16.1. The first-order valence-electron chi connectivity index (χ1n) is 7.53. The molecule has 0 fully saturated rings. The van der Waals surface area contributed by atoms with Crippen LogP contribution in [0.4, 0.5) is 5.69 Å². The Morgan fingerprint density at radius 2 is 1.67 bits per heavy atom. The van der Waals surface area contributed by atoms with E-state index in [1.54, 1.807) is 13.2 Å². The maximum atomic E-state index is 12.2. The zero-order chi connectivity index (χ0) is 17.4. The molecule has 1 aliphatic heterocycles. The number of carbonyl (C=O) groups is 2. The second-order valence-corrected chi connectivity index (χ2v) is 5.66.